The molecule has 1 saturated carbocycles. The van der Waals surface area contributed by atoms with Crippen molar-refractivity contribution in [1.29, 1.82) is 0 Å². The van der Waals surface area contributed by atoms with Crippen LogP contribution >= 0.6 is 0 Å². The molecular weight excluding hydrogens is 158 g/mol. The zero-order valence-corrected chi connectivity index (χ0v) is 6.50. The molecule has 0 radical (unpaired) electrons. The monoisotopic (exact) mass is 167 g/mol. The van der Waals surface area contributed by atoms with Gasteiger partial charge in [0.05, 0.1) is 0 Å². The summed E-state index contributed by atoms with van der Waals surface area (Å²) in [5.74, 6) is -1.04. The maximum absolute atomic E-state index is 11.2. The van der Waals surface area contributed by atoms with Gasteiger partial charge in [0.25, 0.3) is 0 Å². The second-order valence-electron chi connectivity index (χ2n) is 3.33. The SMILES string of the molecule is O=C1CC2C(=O)CCC2C(=O)N1. The molecule has 4 nitrogen and oxygen atoms in total. The largest absolute Gasteiger partial charge is 0.299 e. The average Bonchev–Trinajstić information content (AvgIpc) is 2.33. The molecule has 4 heteroatoms. The first kappa shape index (κ1) is 7.46. The summed E-state index contributed by atoms with van der Waals surface area (Å²) in [5, 5.41) is 2.24. The predicted octanol–water partition coefficient (Wildman–Crippen LogP) is -0.372. The van der Waals surface area contributed by atoms with Crippen LogP contribution in [0.2, 0.25) is 0 Å². The van der Waals surface area contributed by atoms with Crippen LogP contribution in [0.3, 0.4) is 0 Å². The quantitative estimate of drug-likeness (QED) is 0.500. The van der Waals surface area contributed by atoms with Crippen molar-refractivity contribution >= 4 is 17.6 Å². The number of Topliss-reactive ketones (excluding diaryl/α,β-unsaturated/α-hetero) is 1. The third-order valence-corrected chi connectivity index (χ3v) is 2.61. The van der Waals surface area contributed by atoms with Crippen LogP contribution in [0.5, 0.6) is 0 Å². The fourth-order valence-electron chi connectivity index (χ4n) is 1.96. The van der Waals surface area contributed by atoms with Gasteiger partial charge < -0.3 is 0 Å². The Bertz CT molecular complexity index is 271. The smallest absolute Gasteiger partial charge is 0.230 e. The zero-order chi connectivity index (χ0) is 8.72. The van der Waals surface area contributed by atoms with Crippen molar-refractivity contribution in [2.75, 3.05) is 0 Å². The molecule has 64 valence electrons. The molecule has 2 aliphatic rings. The predicted molar refractivity (Wildman–Crippen MR) is 39.0 cm³/mol. The molecule has 2 atom stereocenters. The minimum Gasteiger partial charge on any atom is -0.299 e. The van der Waals surface area contributed by atoms with Crippen molar-refractivity contribution < 1.29 is 14.4 Å². The number of amides is 2. The van der Waals surface area contributed by atoms with E-state index in [1.165, 1.54) is 0 Å². The summed E-state index contributed by atoms with van der Waals surface area (Å²) in [6.07, 6.45) is 1.27. The van der Waals surface area contributed by atoms with E-state index in [9.17, 15) is 14.4 Å². The number of piperidine rings is 1. The Morgan fingerprint density at radius 2 is 1.92 bits per heavy atom. The molecule has 2 fully saturated rings. The number of fused-ring (bicyclic) bond motifs is 1. The second kappa shape index (κ2) is 2.40. The summed E-state index contributed by atoms with van der Waals surface area (Å²) >= 11 is 0. The first-order chi connectivity index (χ1) is 5.68. The highest BCUT2D eigenvalue weighted by Gasteiger charge is 2.43. The maximum atomic E-state index is 11.2. The number of hydrogen-bond acceptors (Lipinski definition) is 3. The summed E-state index contributed by atoms with van der Waals surface area (Å²) in [5.41, 5.74) is 0. The van der Waals surface area contributed by atoms with Gasteiger partial charge in [-0.3, -0.25) is 19.7 Å². The summed E-state index contributed by atoms with van der Waals surface area (Å²) in [4.78, 5) is 33.2. The van der Waals surface area contributed by atoms with Crippen LogP contribution < -0.4 is 5.32 Å². The number of carbonyl (C=O) groups excluding carboxylic acids is 3. The van der Waals surface area contributed by atoms with Crippen molar-refractivity contribution in [3.05, 3.63) is 0 Å². The van der Waals surface area contributed by atoms with Crippen molar-refractivity contribution in [3.63, 3.8) is 0 Å². The van der Waals surface area contributed by atoms with E-state index in [-0.39, 0.29) is 35.9 Å². The third-order valence-electron chi connectivity index (χ3n) is 2.61. The second-order valence-corrected chi connectivity index (χ2v) is 3.33. The van der Waals surface area contributed by atoms with Crippen LogP contribution in [-0.2, 0) is 14.4 Å². The molecule has 1 N–H and O–H groups in total. The van der Waals surface area contributed by atoms with Gasteiger partial charge in [0.15, 0.2) is 0 Å². The average molecular weight is 167 g/mol. The van der Waals surface area contributed by atoms with E-state index in [2.05, 4.69) is 5.32 Å². The number of imide groups is 1. The van der Waals surface area contributed by atoms with Crippen molar-refractivity contribution in [2.45, 2.75) is 19.3 Å². The van der Waals surface area contributed by atoms with Gasteiger partial charge in [0.2, 0.25) is 11.8 Å². The Kier molecular flexibility index (Phi) is 1.49. The molecule has 1 heterocycles. The highest BCUT2D eigenvalue weighted by molar-refractivity contribution is 6.05. The molecule has 0 aromatic rings. The van der Waals surface area contributed by atoms with Crippen LogP contribution in [0.4, 0.5) is 0 Å². The lowest BCUT2D eigenvalue weighted by molar-refractivity contribution is -0.141. The summed E-state index contributed by atoms with van der Waals surface area (Å²) in [7, 11) is 0. The summed E-state index contributed by atoms with van der Waals surface area (Å²) < 4.78 is 0. The van der Waals surface area contributed by atoms with Crippen LogP contribution in [-0.4, -0.2) is 17.6 Å². The Labute approximate surface area is 69.3 Å². The van der Waals surface area contributed by atoms with E-state index < -0.39 is 0 Å². The molecule has 2 amide bonds. The molecule has 1 aliphatic carbocycles. The van der Waals surface area contributed by atoms with E-state index >= 15 is 0 Å². The van der Waals surface area contributed by atoms with Gasteiger partial charge in [-0.15, -0.1) is 0 Å². The topological polar surface area (TPSA) is 63.2 Å². The zero-order valence-electron chi connectivity index (χ0n) is 6.50. The number of ketones is 1. The minimum absolute atomic E-state index is 0.0724. The Hall–Kier alpha value is -1.19. The van der Waals surface area contributed by atoms with Crippen molar-refractivity contribution in [2.24, 2.45) is 11.8 Å². The molecule has 0 bridgehead atoms. The van der Waals surface area contributed by atoms with Crippen molar-refractivity contribution in [1.82, 2.24) is 5.32 Å². The summed E-state index contributed by atoms with van der Waals surface area (Å²) in [6.45, 7) is 0. The third kappa shape index (κ3) is 0.948. The lowest BCUT2D eigenvalue weighted by atomic mass is 9.88. The highest BCUT2D eigenvalue weighted by Crippen LogP contribution is 2.33. The van der Waals surface area contributed by atoms with Crippen LogP contribution in [0.15, 0.2) is 0 Å². The van der Waals surface area contributed by atoms with Crippen LogP contribution in [0, 0.1) is 11.8 Å². The highest BCUT2D eigenvalue weighted by atomic mass is 16.2. The van der Waals surface area contributed by atoms with Gasteiger partial charge in [0, 0.05) is 24.7 Å². The number of nitrogens with one attached hydrogen (secondary N) is 1. The molecule has 2 unspecified atom stereocenters. The van der Waals surface area contributed by atoms with Gasteiger partial charge in [0.1, 0.15) is 5.78 Å². The standard InChI is InChI=1S/C8H9NO3/c10-6-2-1-4-5(6)3-7(11)9-8(4)12/h4-5H,1-3H2,(H,9,11,12). The number of hydrogen-bond donors (Lipinski definition) is 1. The number of carbonyl (C=O) groups is 3. The maximum Gasteiger partial charge on any atom is 0.230 e. The van der Waals surface area contributed by atoms with Gasteiger partial charge in [-0.2, -0.15) is 0 Å². The first-order valence-electron chi connectivity index (χ1n) is 4.05. The van der Waals surface area contributed by atoms with E-state index in [1.807, 2.05) is 0 Å². The van der Waals surface area contributed by atoms with E-state index in [4.69, 9.17) is 0 Å². The van der Waals surface area contributed by atoms with Crippen LogP contribution in [0.25, 0.3) is 0 Å². The van der Waals surface area contributed by atoms with Crippen LogP contribution in [0.1, 0.15) is 19.3 Å². The summed E-state index contributed by atoms with van der Waals surface area (Å²) in [6, 6.07) is 0. The normalized spacial score (nSPS) is 34.8. The lowest BCUT2D eigenvalue weighted by Gasteiger charge is -2.21. The fourth-order valence-corrected chi connectivity index (χ4v) is 1.96. The first-order valence-corrected chi connectivity index (χ1v) is 4.05. The van der Waals surface area contributed by atoms with Gasteiger partial charge in [-0.1, -0.05) is 0 Å². The number of rotatable bonds is 0. The molecule has 0 aromatic carbocycles. The molecule has 12 heavy (non-hydrogen) atoms. The van der Waals surface area contributed by atoms with Crippen molar-refractivity contribution in [3.8, 4) is 0 Å². The molecule has 0 aromatic heterocycles. The molecule has 0 spiro atoms. The Morgan fingerprint density at radius 3 is 2.67 bits per heavy atom. The van der Waals surface area contributed by atoms with E-state index in [1.54, 1.807) is 0 Å². The fraction of sp³-hybridized carbons (Fsp3) is 0.625. The van der Waals surface area contributed by atoms with E-state index in [0.29, 0.717) is 12.8 Å². The van der Waals surface area contributed by atoms with Gasteiger partial charge in [-0.25, -0.2) is 0 Å². The molecule has 1 aliphatic heterocycles. The lowest BCUT2D eigenvalue weighted by Crippen LogP contribution is -2.45. The van der Waals surface area contributed by atoms with E-state index in [0.717, 1.165) is 0 Å². The molecular formula is C8H9NO3. The van der Waals surface area contributed by atoms with Gasteiger partial charge in [-0.05, 0) is 6.42 Å². The Balaban J connectivity index is 2.24. The van der Waals surface area contributed by atoms with Gasteiger partial charge >= 0.3 is 0 Å². The Morgan fingerprint density at radius 1 is 1.17 bits per heavy atom. The minimum atomic E-state index is -0.314. The molecule has 2 rings (SSSR count). The molecule has 1 saturated heterocycles.